The molecule has 0 fully saturated rings. The summed E-state index contributed by atoms with van der Waals surface area (Å²) in [5.41, 5.74) is 1.54. The van der Waals surface area contributed by atoms with Gasteiger partial charge in [-0.05, 0) is 18.2 Å². The molecular formula is C16H10FN3O2. The number of hydrogen-bond acceptors (Lipinski definition) is 4. The molecule has 3 rings (SSSR count). The van der Waals surface area contributed by atoms with E-state index in [0.717, 1.165) is 5.01 Å². The number of carbonyl (C=O) groups is 1. The highest BCUT2D eigenvalue weighted by atomic mass is 19.1. The average Bonchev–Trinajstić information content (AvgIpc) is 2.67. The monoisotopic (exact) mass is 295 g/mol. The van der Waals surface area contributed by atoms with Crippen molar-refractivity contribution in [2.45, 2.75) is 0 Å². The zero-order valence-electron chi connectivity index (χ0n) is 11.4. The van der Waals surface area contributed by atoms with Crippen LogP contribution in [-0.2, 0) is 9.59 Å². The van der Waals surface area contributed by atoms with Crippen molar-refractivity contribution in [1.82, 2.24) is 0 Å². The van der Waals surface area contributed by atoms with Gasteiger partial charge in [0, 0.05) is 11.1 Å². The predicted molar refractivity (Wildman–Crippen MR) is 79.0 cm³/mol. The van der Waals surface area contributed by atoms with Crippen molar-refractivity contribution in [1.29, 1.82) is 0 Å². The highest BCUT2D eigenvalue weighted by molar-refractivity contribution is 6.19. The summed E-state index contributed by atoms with van der Waals surface area (Å²) in [4.78, 5) is 26.8. The number of fused-ring (bicyclic) bond motifs is 1. The molecule has 1 aliphatic rings. The Labute approximate surface area is 125 Å². The summed E-state index contributed by atoms with van der Waals surface area (Å²) in [6, 6.07) is 13.0. The third-order valence-corrected chi connectivity index (χ3v) is 3.27. The minimum Gasteiger partial charge on any atom is -0.274 e. The van der Waals surface area contributed by atoms with E-state index < -0.39 is 11.7 Å². The Morgan fingerprint density at radius 1 is 1.09 bits per heavy atom. The van der Waals surface area contributed by atoms with Gasteiger partial charge >= 0.3 is 0 Å². The van der Waals surface area contributed by atoms with Crippen LogP contribution in [0.15, 0.2) is 58.6 Å². The highest BCUT2D eigenvalue weighted by Crippen LogP contribution is 2.27. The fraction of sp³-hybridized carbons (Fsp3) is 0.0625. The fourth-order valence-electron chi connectivity index (χ4n) is 2.33. The molecule has 0 spiro atoms. The van der Waals surface area contributed by atoms with Crippen LogP contribution in [0.4, 0.5) is 10.1 Å². The highest BCUT2D eigenvalue weighted by Gasteiger charge is 2.25. The van der Waals surface area contributed by atoms with E-state index in [1.165, 1.54) is 12.1 Å². The van der Waals surface area contributed by atoms with Crippen LogP contribution in [0.5, 0.6) is 0 Å². The first-order valence-electron chi connectivity index (χ1n) is 6.52. The molecule has 1 aliphatic heterocycles. The smallest absolute Gasteiger partial charge is 0.269 e. The number of isocyanates is 1. The number of para-hydroxylation sites is 1. The number of benzodiazepines with no additional fused rings is 1. The molecule has 6 heteroatoms. The number of rotatable bonds is 2. The van der Waals surface area contributed by atoms with Crippen molar-refractivity contribution in [2.24, 2.45) is 10.1 Å². The van der Waals surface area contributed by atoms with E-state index in [9.17, 15) is 14.0 Å². The number of hydrogen-bond donors (Lipinski definition) is 0. The van der Waals surface area contributed by atoms with Crippen molar-refractivity contribution < 1.29 is 14.0 Å². The average molecular weight is 295 g/mol. The lowest BCUT2D eigenvalue weighted by molar-refractivity contribution is -0.117. The minimum atomic E-state index is -0.484. The Kier molecular flexibility index (Phi) is 3.60. The quantitative estimate of drug-likeness (QED) is 0.630. The summed E-state index contributed by atoms with van der Waals surface area (Å²) in [5, 5.41) is 4.37. The van der Waals surface area contributed by atoms with Crippen molar-refractivity contribution in [3.05, 3.63) is 65.5 Å². The molecule has 0 N–H and O–H groups in total. The first kappa shape index (κ1) is 13.9. The molecule has 0 aliphatic carbocycles. The Morgan fingerprint density at radius 3 is 2.50 bits per heavy atom. The molecule has 0 radical (unpaired) electrons. The van der Waals surface area contributed by atoms with Gasteiger partial charge in [0.25, 0.3) is 12.0 Å². The first-order valence-corrected chi connectivity index (χ1v) is 6.52. The molecule has 0 aromatic heterocycles. The number of aliphatic imine (C=N–C) groups is 1. The van der Waals surface area contributed by atoms with Gasteiger partial charge in [-0.1, -0.05) is 35.4 Å². The van der Waals surface area contributed by atoms with Crippen molar-refractivity contribution in [3.63, 3.8) is 0 Å². The molecule has 0 saturated carbocycles. The molecule has 0 unspecified atom stereocenters. The van der Waals surface area contributed by atoms with Gasteiger partial charge in [-0.3, -0.25) is 9.79 Å². The third-order valence-electron chi connectivity index (χ3n) is 3.27. The molecule has 5 nitrogen and oxygen atoms in total. The summed E-state index contributed by atoms with van der Waals surface area (Å²) in [6.45, 7) is -0.233. The summed E-state index contributed by atoms with van der Waals surface area (Å²) in [6.07, 6.45) is 1.36. The summed E-state index contributed by atoms with van der Waals surface area (Å²) >= 11 is 0. The van der Waals surface area contributed by atoms with Gasteiger partial charge < -0.3 is 0 Å². The van der Waals surface area contributed by atoms with Gasteiger partial charge in [0.2, 0.25) is 0 Å². The van der Waals surface area contributed by atoms with E-state index in [1.807, 2.05) is 0 Å². The Morgan fingerprint density at radius 2 is 1.77 bits per heavy atom. The van der Waals surface area contributed by atoms with Gasteiger partial charge in [0.05, 0.1) is 11.4 Å². The third kappa shape index (κ3) is 2.32. The molecule has 1 amide bonds. The lowest BCUT2D eigenvalue weighted by Crippen LogP contribution is -2.26. The van der Waals surface area contributed by atoms with Crippen molar-refractivity contribution >= 4 is 23.4 Å². The number of anilines is 1. The maximum atomic E-state index is 14.1. The summed E-state index contributed by atoms with van der Waals surface area (Å²) in [5.74, 6) is -0.919. The van der Waals surface area contributed by atoms with Crippen molar-refractivity contribution in [3.8, 4) is 0 Å². The van der Waals surface area contributed by atoms with Gasteiger partial charge in [-0.15, -0.1) is 0 Å². The van der Waals surface area contributed by atoms with Gasteiger partial charge in [-0.25, -0.2) is 9.18 Å². The van der Waals surface area contributed by atoms with Gasteiger partial charge in [0.15, 0.2) is 0 Å². The Balaban J connectivity index is 2.24. The topological polar surface area (TPSA) is 62.1 Å². The normalized spacial score (nSPS) is 13.8. The number of benzene rings is 2. The predicted octanol–water partition coefficient (Wildman–Crippen LogP) is 2.26. The van der Waals surface area contributed by atoms with Gasteiger partial charge in [0.1, 0.15) is 12.4 Å². The van der Waals surface area contributed by atoms with Crippen LogP contribution in [0.3, 0.4) is 0 Å². The first-order chi connectivity index (χ1) is 10.7. The molecule has 22 heavy (non-hydrogen) atoms. The number of nitrogens with zero attached hydrogens (tertiary/aromatic N) is 3. The van der Waals surface area contributed by atoms with Crippen LogP contribution in [0.25, 0.3) is 0 Å². The standard InChI is InChI=1S/C16H10FN3O2/c17-13-7-3-1-5-11(13)16-12-6-2-4-8-14(12)20(19-10-21)15(22)9-18-16/h1-8H,9H2. The van der Waals surface area contributed by atoms with Crippen LogP contribution >= 0.6 is 0 Å². The van der Waals surface area contributed by atoms with E-state index >= 15 is 0 Å². The maximum absolute atomic E-state index is 14.1. The SMILES string of the molecule is O=C=NN1C(=O)CN=C(c2ccccc2F)c2ccccc21. The van der Waals surface area contributed by atoms with E-state index in [2.05, 4.69) is 10.1 Å². The lowest BCUT2D eigenvalue weighted by Gasteiger charge is -2.15. The van der Waals surface area contributed by atoms with Crippen molar-refractivity contribution in [2.75, 3.05) is 11.6 Å². The molecule has 0 saturated heterocycles. The van der Waals surface area contributed by atoms with E-state index in [-0.39, 0.29) is 6.54 Å². The lowest BCUT2D eigenvalue weighted by atomic mass is 10.00. The molecule has 0 bridgehead atoms. The molecule has 2 aromatic carbocycles. The Hall–Kier alpha value is -3.11. The minimum absolute atomic E-state index is 0.233. The molecule has 0 atom stereocenters. The van der Waals surface area contributed by atoms with Crippen LogP contribution in [0.1, 0.15) is 11.1 Å². The fourth-order valence-corrected chi connectivity index (χ4v) is 2.33. The van der Waals surface area contributed by atoms with E-state index in [0.29, 0.717) is 22.5 Å². The molecular weight excluding hydrogens is 285 g/mol. The maximum Gasteiger partial charge on any atom is 0.269 e. The number of hydrazone groups is 1. The van der Waals surface area contributed by atoms with Crippen LogP contribution in [0, 0.1) is 5.82 Å². The van der Waals surface area contributed by atoms with Gasteiger partial charge in [-0.2, -0.15) is 5.01 Å². The summed E-state index contributed by atoms with van der Waals surface area (Å²) < 4.78 is 14.1. The van der Waals surface area contributed by atoms with Crippen LogP contribution in [0.2, 0.25) is 0 Å². The molecule has 2 aromatic rings. The second-order valence-corrected chi connectivity index (χ2v) is 4.56. The zero-order chi connectivity index (χ0) is 15.5. The second kappa shape index (κ2) is 5.71. The van der Waals surface area contributed by atoms with E-state index in [1.54, 1.807) is 42.5 Å². The second-order valence-electron chi connectivity index (χ2n) is 4.56. The zero-order valence-corrected chi connectivity index (χ0v) is 11.4. The van der Waals surface area contributed by atoms with E-state index in [4.69, 9.17) is 0 Å². The van der Waals surface area contributed by atoms with Crippen LogP contribution < -0.4 is 5.01 Å². The Bertz CT molecular complexity index is 826. The number of amides is 1. The molecule has 108 valence electrons. The van der Waals surface area contributed by atoms with Crippen LogP contribution in [-0.4, -0.2) is 24.2 Å². The number of halogens is 1. The largest absolute Gasteiger partial charge is 0.274 e. The summed E-state index contributed by atoms with van der Waals surface area (Å²) in [7, 11) is 0. The molecule has 1 heterocycles. The number of carbonyl (C=O) groups excluding carboxylic acids is 2.